The van der Waals surface area contributed by atoms with Gasteiger partial charge in [-0.2, -0.15) is 0 Å². The lowest BCUT2D eigenvalue weighted by molar-refractivity contribution is 0.302. The lowest BCUT2D eigenvalue weighted by Gasteiger charge is -2.29. The summed E-state index contributed by atoms with van der Waals surface area (Å²) < 4.78 is 29.4. The fraction of sp³-hybridized carbons (Fsp3) is 0.704. The minimum absolute atomic E-state index is 0.0281. The standard InChI is InChI=1S/C27H38F2/c1-3-5-6-7-21-12-15-23(16-13-21)24-18-26(28)25(27(29)19-24)17-14-22-10-8-20(4-2)9-11-22/h18-23H,3-13,15-16H2,1-2H3/t20-,21-,22-,23-. The highest BCUT2D eigenvalue weighted by atomic mass is 19.1. The summed E-state index contributed by atoms with van der Waals surface area (Å²) in [4.78, 5) is 0. The van der Waals surface area contributed by atoms with Crippen molar-refractivity contribution >= 4 is 0 Å². The van der Waals surface area contributed by atoms with Crippen molar-refractivity contribution in [3.8, 4) is 11.8 Å². The molecule has 2 heteroatoms. The highest BCUT2D eigenvalue weighted by Crippen LogP contribution is 2.38. The maximum atomic E-state index is 14.7. The van der Waals surface area contributed by atoms with Crippen LogP contribution in [0.15, 0.2) is 12.1 Å². The predicted molar refractivity (Wildman–Crippen MR) is 118 cm³/mol. The van der Waals surface area contributed by atoms with Gasteiger partial charge in [0, 0.05) is 5.92 Å². The summed E-state index contributed by atoms with van der Waals surface area (Å²) in [5.74, 6) is 7.27. The van der Waals surface area contributed by atoms with E-state index in [1.54, 1.807) is 12.1 Å². The minimum Gasteiger partial charge on any atom is -0.206 e. The first-order chi connectivity index (χ1) is 14.1. The van der Waals surface area contributed by atoms with Gasteiger partial charge in [-0.15, -0.1) is 0 Å². The molecule has 29 heavy (non-hydrogen) atoms. The first kappa shape index (κ1) is 22.3. The Morgan fingerprint density at radius 3 is 2.03 bits per heavy atom. The lowest BCUT2D eigenvalue weighted by Crippen LogP contribution is -2.14. The molecule has 0 amide bonds. The van der Waals surface area contributed by atoms with Crippen LogP contribution >= 0.6 is 0 Å². The Morgan fingerprint density at radius 2 is 1.45 bits per heavy atom. The van der Waals surface area contributed by atoms with Crippen molar-refractivity contribution in [1.82, 2.24) is 0 Å². The molecule has 0 nitrogen and oxygen atoms in total. The fourth-order valence-corrected chi connectivity index (χ4v) is 5.30. The van der Waals surface area contributed by atoms with Crippen LogP contribution in [0, 0.1) is 41.2 Å². The third-order valence-corrected chi connectivity index (χ3v) is 7.42. The molecular weight excluding hydrogens is 362 g/mol. The Labute approximate surface area is 176 Å². The van der Waals surface area contributed by atoms with E-state index < -0.39 is 11.6 Å². The van der Waals surface area contributed by atoms with Gasteiger partial charge in [0.1, 0.15) is 11.6 Å². The second-order valence-corrected chi connectivity index (χ2v) is 9.47. The van der Waals surface area contributed by atoms with Gasteiger partial charge in [0.05, 0.1) is 5.56 Å². The summed E-state index contributed by atoms with van der Waals surface area (Å²) in [5.41, 5.74) is 0.806. The number of halogens is 2. The van der Waals surface area contributed by atoms with E-state index in [4.69, 9.17) is 0 Å². The molecule has 1 aromatic rings. The fourth-order valence-electron chi connectivity index (χ4n) is 5.30. The second-order valence-electron chi connectivity index (χ2n) is 9.47. The van der Waals surface area contributed by atoms with E-state index in [0.717, 1.165) is 43.1 Å². The van der Waals surface area contributed by atoms with Crippen LogP contribution < -0.4 is 0 Å². The van der Waals surface area contributed by atoms with E-state index in [1.165, 1.54) is 57.8 Å². The SMILES string of the molecule is CCCCC[C@H]1CC[C@H](c2cc(F)c(C#C[C@H]3CC[C@H](CC)CC3)c(F)c2)CC1. The van der Waals surface area contributed by atoms with Crippen LogP contribution in [0.5, 0.6) is 0 Å². The molecule has 0 bridgehead atoms. The van der Waals surface area contributed by atoms with Crippen molar-refractivity contribution in [3.63, 3.8) is 0 Å². The van der Waals surface area contributed by atoms with E-state index in [1.807, 2.05) is 0 Å². The van der Waals surface area contributed by atoms with Crippen LogP contribution in [-0.2, 0) is 0 Å². The van der Waals surface area contributed by atoms with Crippen molar-refractivity contribution in [2.24, 2.45) is 17.8 Å². The topological polar surface area (TPSA) is 0 Å². The molecule has 160 valence electrons. The summed E-state index contributed by atoms with van der Waals surface area (Å²) in [5, 5.41) is 0. The van der Waals surface area contributed by atoms with E-state index in [9.17, 15) is 8.78 Å². The molecule has 0 radical (unpaired) electrons. The first-order valence-corrected chi connectivity index (χ1v) is 12.1. The number of hydrogen-bond acceptors (Lipinski definition) is 0. The Balaban J connectivity index is 1.58. The van der Waals surface area contributed by atoms with Gasteiger partial charge in [-0.3, -0.25) is 0 Å². The van der Waals surface area contributed by atoms with E-state index in [2.05, 4.69) is 25.7 Å². The van der Waals surface area contributed by atoms with Crippen LogP contribution in [0.3, 0.4) is 0 Å². The molecule has 2 saturated carbocycles. The highest BCUT2D eigenvalue weighted by Gasteiger charge is 2.24. The van der Waals surface area contributed by atoms with E-state index in [-0.39, 0.29) is 5.56 Å². The molecule has 1 aromatic carbocycles. The molecule has 2 aliphatic carbocycles. The number of hydrogen-bond donors (Lipinski definition) is 0. The second kappa shape index (κ2) is 11.1. The van der Waals surface area contributed by atoms with Crippen molar-refractivity contribution in [1.29, 1.82) is 0 Å². The monoisotopic (exact) mass is 400 g/mol. The van der Waals surface area contributed by atoms with E-state index >= 15 is 0 Å². The van der Waals surface area contributed by atoms with Crippen molar-refractivity contribution in [2.75, 3.05) is 0 Å². The molecule has 2 aliphatic rings. The van der Waals surface area contributed by atoms with Crippen LogP contribution in [0.25, 0.3) is 0 Å². The zero-order valence-corrected chi connectivity index (χ0v) is 18.4. The van der Waals surface area contributed by atoms with E-state index in [0.29, 0.717) is 11.8 Å². The predicted octanol–water partition coefficient (Wildman–Crippen LogP) is 8.39. The normalized spacial score (nSPS) is 27.3. The average Bonchev–Trinajstić information content (AvgIpc) is 2.74. The first-order valence-electron chi connectivity index (χ1n) is 12.1. The van der Waals surface area contributed by atoms with Gasteiger partial charge in [-0.25, -0.2) is 8.78 Å². The molecule has 0 saturated heterocycles. The van der Waals surface area contributed by atoms with Gasteiger partial charge in [0.25, 0.3) is 0 Å². The average molecular weight is 401 g/mol. The number of unbranched alkanes of at least 4 members (excludes halogenated alkanes) is 2. The molecule has 0 unspecified atom stereocenters. The zero-order chi connectivity index (χ0) is 20.6. The van der Waals surface area contributed by atoms with Crippen LogP contribution in [0.2, 0.25) is 0 Å². The maximum Gasteiger partial charge on any atom is 0.142 e. The van der Waals surface area contributed by atoms with Crippen molar-refractivity contribution in [2.45, 2.75) is 103 Å². The van der Waals surface area contributed by atoms with Crippen LogP contribution in [-0.4, -0.2) is 0 Å². The van der Waals surface area contributed by atoms with Gasteiger partial charge in [-0.05, 0) is 86.8 Å². The van der Waals surface area contributed by atoms with Crippen LogP contribution in [0.1, 0.15) is 114 Å². The summed E-state index contributed by atoms with van der Waals surface area (Å²) in [6.45, 7) is 4.48. The molecule has 0 aliphatic heterocycles. The summed E-state index contributed by atoms with van der Waals surface area (Å²) in [7, 11) is 0. The Kier molecular flexibility index (Phi) is 8.58. The van der Waals surface area contributed by atoms with Crippen LogP contribution in [0.4, 0.5) is 8.78 Å². The van der Waals surface area contributed by atoms with Gasteiger partial charge < -0.3 is 0 Å². The van der Waals surface area contributed by atoms with Gasteiger partial charge in [-0.1, -0.05) is 57.8 Å². The smallest absolute Gasteiger partial charge is 0.142 e. The summed E-state index contributed by atoms with van der Waals surface area (Å²) in [6.07, 6.45) is 15.5. The summed E-state index contributed by atoms with van der Waals surface area (Å²) >= 11 is 0. The number of benzene rings is 1. The molecule has 3 rings (SSSR count). The molecule has 0 atom stereocenters. The molecule has 0 aromatic heterocycles. The molecule has 0 spiro atoms. The molecule has 0 N–H and O–H groups in total. The van der Waals surface area contributed by atoms with Gasteiger partial charge >= 0.3 is 0 Å². The molecule has 0 heterocycles. The largest absolute Gasteiger partial charge is 0.206 e. The number of rotatable bonds is 6. The quantitative estimate of drug-likeness (QED) is 0.332. The minimum atomic E-state index is -0.472. The zero-order valence-electron chi connectivity index (χ0n) is 18.4. The Morgan fingerprint density at radius 1 is 0.828 bits per heavy atom. The summed E-state index contributed by atoms with van der Waals surface area (Å²) in [6, 6.07) is 3.12. The maximum absolute atomic E-state index is 14.7. The van der Waals surface area contributed by atoms with Gasteiger partial charge in [0.2, 0.25) is 0 Å². The third kappa shape index (κ3) is 6.31. The van der Waals surface area contributed by atoms with Crippen molar-refractivity contribution in [3.05, 3.63) is 34.9 Å². The Hall–Kier alpha value is -1.36. The highest BCUT2D eigenvalue weighted by molar-refractivity contribution is 5.40. The lowest BCUT2D eigenvalue weighted by atomic mass is 9.77. The van der Waals surface area contributed by atoms with Gasteiger partial charge in [0.15, 0.2) is 0 Å². The molecular formula is C27H38F2. The van der Waals surface area contributed by atoms with Crippen molar-refractivity contribution < 1.29 is 8.78 Å². The third-order valence-electron chi connectivity index (χ3n) is 7.42. The Bertz CT molecular complexity index is 672. The molecule has 2 fully saturated rings.